The molecule has 0 aliphatic rings. The number of hydrogen-bond donors (Lipinski definition) is 1. The van der Waals surface area contributed by atoms with Gasteiger partial charge in [0.05, 0.1) is 9.73 Å². The first kappa shape index (κ1) is 9.26. The highest BCUT2D eigenvalue weighted by atomic mass is 32.2. The van der Waals surface area contributed by atoms with Crippen LogP contribution in [0.3, 0.4) is 0 Å². The molecule has 66 valence electrons. The average molecular weight is 183 g/mol. The van der Waals surface area contributed by atoms with Crippen molar-refractivity contribution in [2.45, 2.75) is 18.7 Å². The van der Waals surface area contributed by atoms with E-state index in [0.717, 1.165) is 11.1 Å². The molecule has 0 spiro atoms. The smallest absolute Gasteiger partial charge is 0.0697 e. The van der Waals surface area contributed by atoms with E-state index in [-0.39, 0.29) is 0 Å². The topological polar surface area (TPSA) is 40.9 Å². The van der Waals surface area contributed by atoms with Crippen molar-refractivity contribution in [3.63, 3.8) is 0 Å². The minimum atomic E-state index is -2.55. The molecule has 3 heteroatoms. The van der Waals surface area contributed by atoms with Crippen molar-refractivity contribution in [2.24, 2.45) is 0 Å². The molecule has 0 bridgehead atoms. The van der Waals surface area contributed by atoms with Gasteiger partial charge in [0.25, 0.3) is 0 Å². The fourth-order valence-electron chi connectivity index (χ4n) is 1.16. The molecule has 2 nitrogen and oxygen atoms in total. The second kappa shape index (κ2) is 2.90. The predicted molar refractivity (Wildman–Crippen MR) is 51.0 cm³/mol. The second-order valence-electron chi connectivity index (χ2n) is 3.17. The summed E-state index contributed by atoms with van der Waals surface area (Å²) in [5.74, 6) is 0. The molecule has 0 amide bonds. The Kier molecular flexibility index (Phi) is 2.24. The Balaban J connectivity index is 3.37. The van der Waals surface area contributed by atoms with Gasteiger partial charge in [-0.3, -0.25) is 0 Å². The Morgan fingerprint density at radius 3 is 1.92 bits per heavy atom. The summed E-state index contributed by atoms with van der Waals surface area (Å²) in [6.45, 7) is 3.89. The number of rotatable bonds is 1. The zero-order valence-electron chi connectivity index (χ0n) is 7.55. The maximum Gasteiger partial charge on any atom is 0.0697 e. The molecule has 1 rings (SSSR count). The van der Waals surface area contributed by atoms with Gasteiger partial charge in [-0.2, -0.15) is 0 Å². The van der Waals surface area contributed by atoms with Crippen molar-refractivity contribution in [3.8, 4) is 0 Å². The normalized spacial score (nSPS) is 15.6. The van der Waals surface area contributed by atoms with Gasteiger partial charge in [0, 0.05) is 11.2 Å². The van der Waals surface area contributed by atoms with E-state index in [1.165, 1.54) is 6.26 Å². The molecule has 1 unspecified atom stereocenters. The van der Waals surface area contributed by atoms with E-state index in [9.17, 15) is 4.21 Å². The summed E-state index contributed by atoms with van der Waals surface area (Å²) in [5.41, 5.74) is 2.12. The van der Waals surface area contributed by atoms with Crippen LogP contribution in [0.15, 0.2) is 23.1 Å². The van der Waals surface area contributed by atoms with Gasteiger partial charge in [-0.05, 0) is 37.1 Å². The zero-order chi connectivity index (χ0) is 9.35. The lowest BCUT2D eigenvalue weighted by Crippen LogP contribution is -1.95. The van der Waals surface area contributed by atoms with Crippen LogP contribution in [0.25, 0.3) is 0 Å². The maximum atomic E-state index is 11.4. The minimum absolute atomic E-state index is 0.625. The van der Waals surface area contributed by atoms with Crippen LogP contribution in [-0.4, -0.2) is 10.5 Å². The van der Waals surface area contributed by atoms with Crippen molar-refractivity contribution in [2.75, 3.05) is 6.26 Å². The van der Waals surface area contributed by atoms with Crippen molar-refractivity contribution in [1.82, 2.24) is 0 Å². The fraction of sp³-hybridized carbons (Fsp3) is 0.333. The van der Waals surface area contributed by atoms with E-state index in [0.29, 0.717) is 4.90 Å². The molecule has 0 heterocycles. The number of aryl methyl sites for hydroxylation is 2. The largest absolute Gasteiger partial charge is 0.249 e. The van der Waals surface area contributed by atoms with Crippen LogP contribution in [0.4, 0.5) is 0 Å². The van der Waals surface area contributed by atoms with E-state index in [2.05, 4.69) is 0 Å². The highest BCUT2D eigenvalue weighted by molar-refractivity contribution is 7.91. The lowest BCUT2D eigenvalue weighted by Gasteiger charge is -2.03. The van der Waals surface area contributed by atoms with Gasteiger partial charge in [-0.1, -0.05) is 6.07 Å². The molecule has 1 N–H and O–H groups in total. The monoisotopic (exact) mass is 183 g/mol. The first-order valence-corrected chi connectivity index (χ1v) is 5.68. The van der Waals surface area contributed by atoms with Crippen LogP contribution in [0.1, 0.15) is 11.1 Å². The van der Waals surface area contributed by atoms with E-state index in [1.54, 1.807) is 0 Å². The van der Waals surface area contributed by atoms with Gasteiger partial charge in [0.15, 0.2) is 0 Å². The van der Waals surface area contributed by atoms with Crippen LogP contribution in [0.2, 0.25) is 0 Å². The van der Waals surface area contributed by atoms with Gasteiger partial charge in [0.2, 0.25) is 0 Å². The summed E-state index contributed by atoms with van der Waals surface area (Å²) in [7, 11) is -2.55. The summed E-state index contributed by atoms with van der Waals surface area (Å²) in [5, 5.41) is 0. The number of nitrogens with one attached hydrogen (secondary N) is 1. The van der Waals surface area contributed by atoms with Gasteiger partial charge >= 0.3 is 0 Å². The van der Waals surface area contributed by atoms with Crippen molar-refractivity contribution < 1.29 is 4.21 Å². The van der Waals surface area contributed by atoms with E-state index >= 15 is 0 Å². The molecule has 0 aliphatic carbocycles. The first-order chi connectivity index (χ1) is 5.39. The van der Waals surface area contributed by atoms with Crippen LogP contribution in [0, 0.1) is 18.6 Å². The molecule has 1 aromatic rings. The van der Waals surface area contributed by atoms with Crippen LogP contribution < -0.4 is 0 Å². The summed E-state index contributed by atoms with van der Waals surface area (Å²) < 4.78 is 18.8. The lowest BCUT2D eigenvalue weighted by molar-refractivity contribution is 0.678. The zero-order valence-corrected chi connectivity index (χ0v) is 8.37. The summed E-state index contributed by atoms with van der Waals surface area (Å²) in [6, 6.07) is 5.62. The Bertz CT molecular complexity index is 373. The maximum absolute atomic E-state index is 11.4. The van der Waals surface area contributed by atoms with Crippen molar-refractivity contribution >= 4 is 9.73 Å². The molecule has 1 aromatic carbocycles. The lowest BCUT2D eigenvalue weighted by atomic mass is 10.2. The van der Waals surface area contributed by atoms with E-state index in [4.69, 9.17) is 4.78 Å². The van der Waals surface area contributed by atoms with Gasteiger partial charge < -0.3 is 0 Å². The molecule has 0 fully saturated rings. The number of benzene rings is 1. The first-order valence-electron chi connectivity index (χ1n) is 3.72. The molecule has 1 atom stereocenters. The van der Waals surface area contributed by atoms with E-state index in [1.807, 2.05) is 32.0 Å². The third kappa shape index (κ3) is 2.08. The molecule has 0 radical (unpaired) electrons. The molecule has 0 saturated carbocycles. The minimum Gasteiger partial charge on any atom is -0.249 e. The average Bonchev–Trinajstić information content (AvgIpc) is 1.82. The Labute approximate surface area is 73.6 Å². The molecule has 0 aromatic heterocycles. The standard InChI is InChI=1S/C9H13NOS/c1-7-4-8(2)6-9(5-7)12(3,10)11/h4-6,10H,1-3H3. The van der Waals surface area contributed by atoms with Crippen LogP contribution in [-0.2, 0) is 9.73 Å². The highest BCUT2D eigenvalue weighted by Gasteiger charge is 2.03. The molecule has 12 heavy (non-hydrogen) atoms. The van der Waals surface area contributed by atoms with Crippen molar-refractivity contribution in [1.29, 1.82) is 4.78 Å². The van der Waals surface area contributed by atoms with Gasteiger partial charge in [-0.15, -0.1) is 0 Å². The Morgan fingerprint density at radius 2 is 1.58 bits per heavy atom. The molecule has 0 aliphatic heterocycles. The fourth-order valence-corrected chi connectivity index (χ4v) is 1.98. The Hall–Kier alpha value is -0.830. The van der Waals surface area contributed by atoms with E-state index < -0.39 is 9.73 Å². The predicted octanol–water partition coefficient (Wildman–Crippen LogP) is 2.34. The molecular weight excluding hydrogens is 170 g/mol. The molecule has 0 saturated heterocycles. The second-order valence-corrected chi connectivity index (χ2v) is 5.33. The third-order valence-electron chi connectivity index (χ3n) is 1.64. The summed E-state index contributed by atoms with van der Waals surface area (Å²) in [6.07, 6.45) is 1.45. The number of hydrogen-bond acceptors (Lipinski definition) is 2. The van der Waals surface area contributed by atoms with Gasteiger partial charge in [0.1, 0.15) is 0 Å². The quantitative estimate of drug-likeness (QED) is 0.713. The Morgan fingerprint density at radius 1 is 1.17 bits per heavy atom. The SMILES string of the molecule is Cc1cc(C)cc(S(C)(=N)=O)c1. The molecular formula is C9H13NOS. The van der Waals surface area contributed by atoms with Gasteiger partial charge in [-0.25, -0.2) is 8.99 Å². The summed E-state index contributed by atoms with van der Waals surface area (Å²) in [4.78, 5) is 0.625. The third-order valence-corrected chi connectivity index (χ3v) is 2.78. The summed E-state index contributed by atoms with van der Waals surface area (Å²) >= 11 is 0. The van der Waals surface area contributed by atoms with Crippen LogP contribution in [0.5, 0.6) is 0 Å². The highest BCUT2D eigenvalue weighted by Crippen LogP contribution is 2.14. The van der Waals surface area contributed by atoms with Crippen molar-refractivity contribution in [3.05, 3.63) is 29.3 Å². The van der Waals surface area contributed by atoms with Crippen LogP contribution >= 0.6 is 0 Å².